The fraction of sp³-hybridized carbons (Fsp3) is 0.111. The van der Waals surface area contributed by atoms with Crippen LogP contribution in [0.5, 0.6) is 0 Å². The average Bonchev–Trinajstić information content (AvgIpc) is 2.25. The van der Waals surface area contributed by atoms with Crippen molar-refractivity contribution in [2.24, 2.45) is 0 Å². The van der Waals surface area contributed by atoms with Crippen LogP contribution in [0, 0.1) is 0 Å². The Labute approximate surface area is 87.5 Å². The maximum atomic E-state index is 10.4. The number of alkyl halides is 1. The van der Waals surface area contributed by atoms with Crippen LogP contribution in [0.2, 0.25) is 0 Å². The van der Waals surface area contributed by atoms with E-state index < -0.39 is 5.24 Å². The first kappa shape index (κ1) is 14.7. The van der Waals surface area contributed by atoms with Gasteiger partial charge < -0.3 is 4.79 Å². The lowest BCUT2D eigenvalue weighted by Gasteiger charge is -1.87. The Kier molecular flexibility index (Phi) is 12.6. The number of hydrogen-bond acceptors (Lipinski definition) is 2. The first-order chi connectivity index (χ1) is 6.30. The molecule has 1 aromatic carbocycles. The topological polar surface area (TPSA) is 34.1 Å². The van der Waals surface area contributed by atoms with Gasteiger partial charge in [-0.05, 0) is 11.6 Å². The molecule has 0 aliphatic rings. The van der Waals surface area contributed by atoms with E-state index in [0.717, 1.165) is 0 Å². The van der Waals surface area contributed by atoms with Gasteiger partial charge in [-0.25, -0.2) is 0 Å². The second kappa shape index (κ2) is 11.1. The van der Waals surface area contributed by atoms with Crippen molar-refractivity contribution >= 4 is 35.2 Å². The Balaban J connectivity index is 0. The summed E-state index contributed by atoms with van der Waals surface area (Å²) in [5.41, 5.74) is 0.541. The minimum atomic E-state index is -0.407. The predicted molar refractivity (Wildman–Crippen MR) is 55.5 cm³/mol. The van der Waals surface area contributed by atoms with Gasteiger partial charge in [-0.1, -0.05) is 30.3 Å². The van der Waals surface area contributed by atoms with Crippen LogP contribution in [0.4, 0.5) is 0 Å². The van der Waals surface area contributed by atoms with Crippen molar-refractivity contribution in [3.8, 4) is 0 Å². The molecule has 4 heteroatoms. The van der Waals surface area contributed by atoms with Gasteiger partial charge in [0.2, 0.25) is 0 Å². The first-order valence-electron chi connectivity index (χ1n) is 3.22. The zero-order valence-corrected chi connectivity index (χ0v) is 8.68. The lowest BCUT2D eigenvalue weighted by molar-refractivity contribution is -0.0979. The Hall–Kier alpha value is -0.860. The molecule has 1 rings (SSSR count). The molecular formula is C9H10Cl2O2. The molecular weight excluding hydrogens is 211 g/mol. The fourth-order valence-electron chi connectivity index (χ4n) is 0.569. The number of halogens is 2. The monoisotopic (exact) mass is 220 g/mol. The van der Waals surface area contributed by atoms with E-state index in [2.05, 4.69) is 11.6 Å². The molecule has 0 aliphatic heterocycles. The molecule has 0 bridgehead atoms. The quantitative estimate of drug-likeness (QED) is 0.539. The highest BCUT2D eigenvalue weighted by molar-refractivity contribution is 6.67. The Bertz CT molecular complexity index is 224. The van der Waals surface area contributed by atoms with Crippen LogP contribution in [0.1, 0.15) is 10.4 Å². The Morgan fingerprint density at radius 1 is 1.15 bits per heavy atom. The summed E-state index contributed by atoms with van der Waals surface area (Å²) in [6, 6.07) is 8.74. The molecule has 1 aromatic rings. The maximum absolute atomic E-state index is 10.4. The molecule has 2 nitrogen and oxygen atoms in total. The van der Waals surface area contributed by atoms with Crippen molar-refractivity contribution < 1.29 is 9.59 Å². The molecule has 0 atom stereocenters. The number of benzene rings is 1. The van der Waals surface area contributed by atoms with Crippen molar-refractivity contribution in [3.63, 3.8) is 0 Å². The number of hydrogen-bond donors (Lipinski definition) is 0. The van der Waals surface area contributed by atoms with E-state index in [1.54, 1.807) is 24.3 Å². The minimum Gasteiger partial charge on any atom is -0.307 e. The van der Waals surface area contributed by atoms with Gasteiger partial charge in [0.1, 0.15) is 6.79 Å². The van der Waals surface area contributed by atoms with E-state index >= 15 is 0 Å². The molecule has 0 N–H and O–H groups in total. The van der Waals surface area contributed by atoms with Gasteiger partial charge in [0, 0.05) is 11.9 Å². The number of rotatable bonds is 1. The fourth-order valence-corrected chi connectivity index (χ4v) is 0.695. The highest BCUT2D eigenvalue weighted by Crippen LogP contribution is 2.01. The summed E-state index contributed by atoms with van der Waals surface area (Å²) in [4.78, 5) is 18.4. The van der Waals surface area contributed by atoms with Crippen molar-refractivity contribution in [3.05, 3.63) is 35.9 Å². The normalized spacial score (nSPS) is 7.00. The zero-order valence-electron chi connectivity index (χ0n) is 7.17. The SMILES string of the molecule is C=O.CCl.O=C(Cl)c1ccccc1. The van der Waals surface area contributed by atoms with E-state index in [0.29, 0.717) is 5.56 Å². The maximum Gasteiger partial charge on any atom is 0.252 e. The van der Waals surface area contributed by atoms with Gasteiger partial charge >= 0.3 is 0 Å². The zero-order chi connectivity index (χ0) is 10.7. The lowest BCUT2D eigenvalue weighted by atomic mass is 10.2. The van der Waals surface area contributed by atoms with Gasteiger partial charge in [0.05, 0.1) is 0 Å². The number of carbonyl (C=O) groups is 2. The molecule has 0 radical (unpaired) electrons. The standard InChI is InChI=1S/C7H5ClO.CH3Cl.CH2O/c8-7(9)6-4-2-1-3-5-6;2*1-2/h1-5H;1H3;1H2. The van der Waals surface area contributed by atoms with Gasteiger partial charge in [0.15, 0.2) is 0 Å². The van der Waals surface area contributed by atoms with Crippen molar-refractivity contribution in [2.75, 3.05) is 6.38 Å². The van der Waals surface area contributed by atoms with Crippen molar-refractivity contribution in [1.29, 1.82) is 0 Å². The first-order valence-corrected chi connectivity index (χ1v) is 4.35. The second-order valence-corrected chi connectivity index (χ2v) is 1.98. The molecule has 0 spiro atoms. The molecule has 72 valence electrons. The third kappa shape index (κ3) is 7.50. The lowest BCUT2D eigenvalue weighted by Crippen LogP contribution is -1.84. The summed E-state index contributed by atoms with van der Waals surface area (Å²) >= 11 is 9.80. The molecule has 0 aliphatic carbocycles. The van der Waals surface area contributed by atoms with Gasteiger partial charge in [-0.15, -0.1) is 11.6 Å². The third-order valence-corrected chi connectivity index (χ3v) is 1.22. The summed E-state index contributed by atoms with van der Waals surface area (Å²) in [6.45, 7) is 2.00. The van der Waals surface area contributed by atoms with Crippen LogP contribution in [-0.4, -0.2) is 18.4 Å². The molecule has 0 fully saturated rings. The molecule has 0 amide bonds. The Morgan fingerprint density at radius 2 is 1.54 bits per heavy atom. The summed E-state index contributed by atoms with van der Waals surface area (Å²) in [6.07, 6.45) is 1.47. The summed E-state index contributed by atoms with van der Waals surface area (Å²) in [5, 5.41) is -0.407. The van der Waals surface area contributed by atoms with Gasteiger partial charge in [-0.2, -0.15) is 0 Å². The van der Waals surface area contributed by atoms with E-state index in [1.165, 1.54) is 6.38 Å². The second-order valence-electron chi connectivity index (χ2n) is 1.64. The van der Waals surface area contributed by atoms with Crippen LogP contribution < -0.4 is 0 Å². The minimum absolute atomic E-state index is 0.407. The third-order valence-electron chi connectivity index (χ3n) is 1.00. The van der Waals surface area contributed by atoms with Gasteiger partial charge in [0.25, 0.3) is 5.24 Å². The van der Waals surface area contributed by atoms with Crippen LogP contribution in [0.25, 0.3) is 0 Å². The summed E-state index contributed by atoms with van der Waals surface area (Å²) in [5.74, 6) is 0. The van der Waals surface area contributed by atoms with Crippen LogP contribution in [-0.2, 0) is 4.79 Å². The van der Waals surface area contributed by atoms with E-state index in [1.807, 2.05) is 12.9 Å². The van der Waals surface area contributed by atoms with E-state index in [-0.39, 0.29) is 0 Å². The van der Waals surface area contributed by atoms with E-state index in [9.17, 15) is 4.79 Å². The molecule has 0 saturated heterocycles. The molecule has 0 heterocycles. The smallest absolute Gasteiger partial charge is 0.252 e. The van der Waals surface area contributed by atoms with Crippen molar-refractivity contribution in [1.82, 2.24) is 0 Å². The van der Waals surface area contributed by atoms with Gasteiger partial charge in [-0.3, -0.25) is 4.79 Å². The summed E-state index contributed by atoms with van der Waals surface area (Å²) < 4.78 is 0. The van der Waals surface area contributed by atoms with E-state index in [4.69, 9.17) is 16.4 Å². The highest BCUT2D eigenvalue weighted by Gasteiger charge is 1.95. The largest absolute Gasteiger partial charge is 0.307 e. The Morgan fingerprint density at radius 3 is 1.77 bits per heavy atom. The highest BCUT2D eigenvalue weighted by atomic mass is 35.5. The van der Waals surface area contributed by atoms with Crippen LogP contribution in [0.3, 0.4) is 0 Å². The molecule has 13 heavy (non-hydrogen) atoms. The van der Waals surface area contributed by atoms with Crippen molar-refractivity contribution in [2.45, 2.75) is 0 Å². The average molecular weight is 221 g/mol. The molecule has 0 aromatic heterocycles. The molecule has 0 unspecified atom stereocenters. The summed E-state index contributed by atoms with van der Waals surface area (Å²) in [7, 11) is 0. The molecule has 0 saturated carbocycles. The predicted octanol–water partition coefficient (Wildman–Crippen LogP) is 2.74. The van der Waals surface area contributed by atoms with Crippen LogP contribution >= 0.6 is 23.2 Å². The number of carbonyl (C=O) groups excluding carboxylic acids is 2. The van der Waals surface area contributed by atoms with Crippen LogP contribution in [0.15, 0.2) is 30.3 Å².